The van der Waals surface area contributed by atoms with Crippen LogP contribution >= 0.6 is 11.6 Å². The fourth-order valence-corrected chi connectivity index (χ4v) is 4.71. The summed E-state index contributed by atoms with van der Waals surface area (Å²) in [5.74, 6) is 0.830. The average molecular weight is 405 g/mol. The summed E-state index contributed by atoms with van der Waals surface area (Å²) in [5.41, 5.74) is 5.76. The van der Waals surface area contributed by atoms with Gasteiger partial charge in [-0.3, -0.25) is 14.5 Å². The number of hydrogen-bond donors (Lipinski definition) is 3. The van der Waals surface area contributed by atoms with E-state index in [-0.39, 0.29) is 28.5 Å². The highest BCUT2D eigenvalue weighted by Crippen LogP contribution is 2.48. The van der Waals surface area contributed by atoms with Gasteiger partial charge in [0.1, 0.15) is 29.3 Å². The monoisotopic (exact) mass is 404 g/mol. The molecule has 2 heterocycles. The van der Waals surface area contributed by atoms with Crippen LogP contribution in [-0.4, -0.2) is 32.8 Å². The molecule has 1 aromatic rings. The Kier molecular flexibility index (Phi) is 5.60. The maximum Gasteiger partial charge on any atom is 0.271 e. The lowest BCUT2D eigenvalue weighted by Crippen LogP contribution is -2.57. The van der Waals surface area contributed by atoms with E-state index in [9.17, 15) is 9.59 Å². The smallest absolute Gasteiger partial charge is 0.271 e. The van der Waals surface area contributed by atoms with E-state index < -0.39 is 5.66 Å². The summed E-state index contributed by atoms with van der Waals surface area (Å²) in [4.78, 5) is 34.2. The SMILES string of the molecule is CCC1CCC(C)C12NC(=O)/C(=C(Cl)/C=C(\C)Nc1cc(N)ncn1)N2C=O. The molecule has 150 valence electrons. The molecular weight excluding hydrogens is 380 g/mol. The molecule has 4 N–H and O–H groups in total. The van der Waals surface area contributed by atoms with Gasteiger partial charge in [0.15, 0.2) is 0 Å². The lowest BCUT2D eigenvalue weighted by Gasteiger charge is -2.40. The van der Waals surface area contributed by atoms with Gasteiger partial charge in [0.05, 0.1) is 5.03 Å². The van der Waals surface area contributed by atoms with Gasteiger partial charge in [-0.05, 0) is 38.2 Å². The van der Waals surface area contributed by atoms with E-state index in [4.69, 9.17) is 17.3 Å². The van der Waals surface area contributed by atoms with Gasteiger partial charge in [-0.25, -0.2) is 9.97 Å². The fourth-order valence-electron chi connectivity index (χ4n) is 4.36. The van der Waals surface area contributed by atoms with Crippen molar-refractivity contribution in [2.75, 3.05) is 11.1 Å². The number of allylic oxidation sites excluding steroid dienone is 3. The first-order valence-electron chi connectivity index (χ1n) is 9.33. The first kappa shape index (κ1) is 20.1. The minimum absolute atomic E-state index is 0.140. The van der Waals surface area contributed by atoms with Crippen LogP contribution in [0.4, 0.5) is 11.6 Å². The Balaban J connectivity index is 1.94. The highest BCUT2D eigenvalue weighted by atomic mass is 35.5. The molecule has 28 heavy (non-hydrogen) atoms. The molecule has 3 atom stereocenters. The predicted octanol–water partition coefficient (Wildman–Crippen LogP) is 2.57. The number of nitrogens with two attached hydrogens (primary N) is 1. The maximum absolute atomic E-state index is 12.8. The Bertz CT molecular complexity index is 855. The third kappa shape index (κ3) is 3.32. The number of carbonyl (C=O) groups excluding carboxylic acids is 2. The van der Waals surface area contributed by atoms with Crippen molar-refractivity contribution < 1.29 is 9.59 Å². The fraction of sp³-hybridized carbons (Fsp3) is 0.474. The summed E-state index contributed by atoms with van der Waals surface area (Å²) >= 11 is 6.49. The third-order valence-electron chi connectivity index (χ3n) is 5.67. The van der Waals surface area contributed by atoms with E-state index in [1.54, 1.807) is 19.1 Å². The predicted molar refractivity (Wildman–Crippen MR) is 108 cm³/mol. The molecule has 3 unspecified atom stereocenters. The van der Waals surface area contributed by atoms with Crippen LogP contribution in [-0.2, 0) is 9.59 Å². The number of anilines is 2. The molecule has 1 aliphatic heterocycles. The molecule has 2 fully saturated rings. The summed E-state index contributed by atoms with van der Waals surface area (Å²) in [6.45, 7) is 5.91. The van der Waals surface area contributed by atoms with E-state index in [1.165, 1.54) is 11.2 Å². The zero-order valence-corrected chi connectivity index (χ0v) is 17.0. The zero-order valence-electron chi connectivity index (χ0n) is 16.2. The van der Waals surface area contributed by atoms with Crippen LogP contribution in [0.5, 0.6) is 0 Å². The minimum atomic E-state index is -0.709. The molecule has 2 aliphatic rings. The Hall–Kier alpha value is -2.61. The number of nitrogens with zero attached hydrogens (tertiary/aromatic N) is 3. The second kappa shape index (κ2) is 7.79. The zero-order chi connectivity index (χ0) is 20.5. The van der Waals surface area contributed by atoms with Crippen molar-refractivity contribution in [3.05, 3.63) is 34.9 Å². The standard InChI is InChI=1S/C19H25ClN6O2/c1-4-13-6-5-11(2)19(13)25-18(28)17(26(19)10-27)14(20)7-12(3)24-16-8-15(21)22-9-23-16/h7-11,13H,4-6H2,1-3H3,(H,25,28)(H3,21,22,23,24)/b12-7+,17-14+. The van der Waals surface area contributed by atoms with E-state index in [0.29, 0.717) is 23.7 Å². The highest BCUT2D eigenvalue weighted by molar-refractivity contribution is 6.33. The lowest BCUT2D eigenvalue weighted by molar-refractivity contribution is -0.123. The summed E-state index contributed by atoms with van der Waals surface area (Å²) in [6, 6.07) is 1.58. The maximum atomic E-state index is 12.8. The van der Waals surface area contributed by atoms with Crippen LogP contribution < -0.4 is 16.4 Å². The quantitative estimate of drug-likeness (QED) is 0.513. The van der Waals surface area contributed by atoms with Crippen molar-refractivity contribution in [2.45, 2.75) is 45.7 Å². The molecule has 9 heteroatoms. The van der Waals surface area contributed by atoms with Gasteiger partial charge in [-0.2, -0.15) is 0 Å². The topological polar surface area (TPSA) is 113 Å². The van der Waals surface area contributed by atoms with Crippen LogP contribution in [0, 0.1) is 11.8 Å². The van der Waals surface area contributed by atoms with E-state index in [1.807, 2.05) is 0 Å². The summed E-state index contributed by atoms with van der Waals surface area (Å²) in [5, 5.41) is 6.30. The minimum Gasteiger partial charge on any atom is -0.384 e. The van der Waals surface area contributed by atoms with Gasteiger partial charge in [0, 0.05) is 17.7 Å². The summed E-state index contributed by atoms with van der Waals surface area (Å²) < 4.78 is 0. The number of nitrogens with one attached hydrogen (secondary N) is 2. The van der Waals surface area contributed by atoms with Crippen LogP contribution in [0.2, 0.25) is 0 Å². The van der Waals surface area contributed by atoms with Crippen molar-refractivity contribution in [3.63, 3.8) is 0 Å². The molecule has 0 bridgehead atoms. The summed E-state index contributed by atoms with van der Waals surface area (Å²) in [7, 11) is 0. The summed E-state index contributed by atoms with van der Waals surface area (Å²) in [6.07, 6.45) is 6.43. The molecule has 1 spiro atoms. The first-order valence-corrected chi connectivity index (χ1v) is 9.71. The molecule has 1 saturated carbocycles. The van der Waals surface area contributed by atoms with Crippen LogP contribution in [0.1, 0.15) is 40.0 Å². The molecular formula is C19H25ClN6O2. The van der Waals surface area contributed by atoms with E-state index in [0.717, 1.165) is 19.3 Å². The number of carbonyl (C=O) groups is 2. The Morgan fingerprint density at radius 2 is 2.25 bits per heavy atom. The van der Waals surface area contributed by atoms with Crippen molar-refractivity contribution in [1.29, 1.82) is 0 Å². The van der Waals surface area contributed by atoms with Crippen molar-refractivity contribution in [1.82, 2.24) is 20.2 Å². The number of amides is 2. The number of rotatable bonds is 5. The van der Waals surface area contributed by atoms with E-state index >= 15 is 0 Å². The Morgan fingerprint density at radius 3 is 2.89 bits per heavy atom. The van der Waals surface area contributed by atoms with Gasteiger partial charge >= 0.3 is 0 Å². The normalized spacial score (nSPS) is 29.2. The van der Waals surface area contributed by atoms with Gasteiger partial charge in [0.25, 0.3) is 5.91 Å². The number of hydrogen-bond acceptors (Lipinski definition) is 6. The van der Waals surface area contributed by atoms with Crippen molar-refractivity contribution >= 4 is 35.6 Å². The molecule has 0 aromatic carbocycles. The third-order valence-corrected chi connectivity index (χ3v) is 5.96. The van der Waals surface area contributed by atoms with Crippen LogP contribution in [0.15, 0.2) is 34.9 Å². The van der Waals surface area contributed by atoms with Gasteiger partial charge in [-0.15, -0.1) is 0 Å². The van der Waals surface area contributed by atoms with Crippen LogP contribution in [0.25, 0.3) is 0 Å². The second-order valence-corrected chi connectivity index (χ2v) is 7.72. The van der Waals surface area contributed by atoms with Gasteiger partial charge < -0.3 is 16.4 Å². The lowest BCUT2D eigenvalue weighted by atomic mass is 9.88. The number of nitrogen functional groups attached to an aromatic ring is 1. The highest BCUT2D eigenvalue weighted by Gasteiger charge is 2.58. The second-order valence-electron chi connectivity index (χ2n) is 7.32. The van der Waals surface area contributed by atoms with Crippen molar-refractivity contribution in [2.24, 2.45) is 11.8 Å². The molecule has 8 nitrogen and oxygen atoms in total. The molecule has 1 aliphatic carbocycles. The molecule has 1 saturated heterocycles. The van der Waals surface area contributed by atoms with E-state index in [2.05, 4.69) is 34.4 Å². The molecule has 1 aromatic heterocycles. The number of halogens is 1. The van der Waals surface area contributed by atoms with Crippen molar-refractivity contribution in [3.8, 4) is 0 Å². The Morgan fingerprint density at radius 1 is 1.50 bits per heavy atom. The molecule has 2 amide bonds. The Labute approximate surface area is 169 Å². The number of aromatic nitrogens is 2. The molecule has 3 rings (SSSR count). The van der Waals surface area contributed by atoms with Gasteiger partial charge in [-0.1, -0.05) is 25.4 Å². The van der Waals surface area contributed by atoms with Gasteiger partial charge in [0.2, 0.25) is 6.41 Å². The van der Waals surface area contributed by atoms with Crippen LogP contribution in [0.3, 0.4) is 0 Å². The largest absolute Gasteiger partial charge is 0.384 e. The molecule has 0 radical (unpaired) electrons. The first-order chi connectivity index (χ1) is 13.3. The average Bonchev–Trinajstić information content (AvgIpc) is 3.11.